The van der Waals surface area contributed by atoms with Crippen molar-refractivity contribution >= 4 is 55.9 Å². The maximum absolute atomic E-state index is 15.0. The summed E-state index contributed by atoms with van der Waals surface area (Å²) in [6.45, 7) is 10.9. The molecular formula is C37H43ClFN5O7S. The number of carbonyl (C=O) groups is 3. The number of anilines is 1. The van der Waals surface area contributed by atoms with Crippen LogP contribution in [0, 0.1) is 17.2 Å². The molecule has 278 valence electrons. The number of urea groups is 1. The Morgan fingerprint density at radius 3 is 2.50 bits per heavy atom. The Hall–Kier alpha value is -4.43. The van der Waals surface area contributed by atoms with Crippen LogP contribution in [-0.2, 0) is 19.6 Å². The molecule has 12 nitrogen and oxygen atoms in total. The van der Waals surface area contributed by atoms with Crippen LogP contribution in [0.15, 0.2) is 61.3 Å². The molecule has 5 atom stereocenters. The van der Waals surface area contributed by atoms with Gasteiger partial charge in [0.25, 0.3) is 11.8 Å². The number of methoxy groups -OCH3 is 1. The Balaban J connectivity index is 1.37. The number of pyridine rings is 1. The van der Waals surface area contributed by atoms with Gasteiger partial charge in [-0.05, 0) is 61.9 Å². The van der Waals surface area contributed by atoms with Crippen molar-refractivity contribution < 1.29 is 36.7 Å². The van der Waals surface area contributed by atoms with E-state index >= 15 is 0 Å². The number of carbonyl (C=O) groups excluding carboxylic acids is 3. The molecule has 2 N–H and O–H groups in total. The standard InChI is InChI=1S/C37H43ClFN5O7S/c1-7-22-18-37(22,34(46)42-52(48,49)25-13-14-25)44(33(45)31(36(3,4)5)41-29-11-9-8-10-28(29)39)35(47)43-20-24(16-21(43)2)51-32-27-17-23(38)12-15-26(27)30(50-6)19-40-32/h7-12,15,17,19,21-22,24-25,31,41H,1,13-14,16,18,20H2,2-6H3,(H,42,46)/t21?,22-,24-,31-,37-/m1/s1. The van der Waals surface area contributed by atoms with Crippen LogP contribution in [0.2, 0.25) is 5.02 Å². The number of fused-ring (bicyclic) bond motifs is 1. The minimum absolute atomic E-state index is 0.0112. The Morgan fingerprint density at radius 2 is 1.88 bits per heavy atom. The zero-order chi connectivity index (χ0) is 37.7. The van der Waals surface area contributed by atoms with Crippen molar-refractivity contribution in [3.63, 3.8) is 0 Å². The van der Waals surface area contributed by atoms with Crippen molar-refractivity contribution in [2.24, 2.45) is 11.3 Å². The SMILES string of the molecule is C=C[C@@H]1C[C@@]1(C(=O)NS(=O)(=O)C1CC1)N(C(=O)[C@@H](Nc1ccccc1F)C(C)(C)C)C(=O)N1C[C@H](Oc2ncc(OC)c3ccc(Cl)cc23)CC1C. The third-order valence-electron chi connectivity index (χ3n) is 10.0. The molecule has 52 heavy (non-hydrogen) atoms. The summed E-state index contributed by atoms with van der Waals surface area (Å²) < 4.78 is 55.0. The number of para-hydroxylation sites is 1. The number of likely N-dealkylation sites (tertiary alicyclic amines) is 1. The van der Waals surface area contributed by atoms with E-state index in [1.165, 1.54) is 42.5 Å². The highest BCUT2D eigenvalue weighted by atomic mass is 35.5. The van der Waals surface area contributed by atoms with E-state index in [0.717, 1.165) is 10.3 Å². The van der Waals surface area contributed by atoms with E-state index in [0.29, 0.717) is 35.4 Å². The number of rotatable bonds is 11. The number of nitrogens with one attached hydrogen (secondary N) is 2. The number of sulfonamides is 1. The molecule has 15 heteroatoms. The summed E-state index contributed by atoms with van der Waals surface area (Å²) in [6.07, 6.45) is 3.50. The summed E-state index contributed by atoms with van der Waals surface area (Å²) in [6, 6.07) is 8.52. The molecule has 1 saturated heterocycles. The van der Waals surface area contributed by atoms with Crippen molar-refractivity contribution in [3.05, 3.63) is 72.2 Å². The quantitative estimate of drug-likeness (QED) is 0.228. The van der Waals surface area contributed by atoms with Crippen molar-refractivity contribution in [1.29, 1.82) is 0 Å². The lowest BCUT2D eigenvalue weighted by Crippen LogP contribution is -2.64. The van der Waals surface area contributed by atoms with E-state index in [-0.39, 0.29) is 24.5 Å². The average molecular weight is 756 g/mol. The molecule has 2 heterocycles. The van der Waals surface area contributed by atoms with Crippen LogP contribution in [0.5, 0.6) is 11.6 Å². The van der Waals surface area contributed by atoms with Gasteiger partial charge in [-0.15, -0.1) is 6.58 Å². The van der Waals surface area contributed by atoms with E-state index in [2.05, 4.69) is 21.6 Å². The van der Waals surface area contributed by atoms with Crippen LogP contribution in [0.25, 0.3) is 10.8 Å². The fourth-order valence-electron chi connectivity index (χ4n) is 6.87. The van der Waals surface area contributed by atoms with Crippen LogP contribution in [-0.4, -0.2) is 83.7 Å². The van der Waals surface area contributed by atoms with E-state index in [4.69, 9.17) is 21.1 Å². The summed E-state index contributed by atoms with van der Waals surface area (Å²) >= 11 is 6.31. The Labute approximate surface area is 307 Å². The van der Waals surface area contributed by atoms with Gasteiger partial charge in [0.1, 0.15) is 29.3 Å². The number of benzene rings is 2. The molecule has 3 aromatic rings. The van der Waals surface area contributed by atoms with Gasteiger partial charge in [-0.25, -0.2) is 27.5 Å². The number of imide groups is 1. The topological polar surface area (TPSA) is 147 Å². The number of halogens is 2. The van der Waals surface area contributed by atoms with Crippen molar-refractivity contribution in [3.8, 4) is 11.6 Å². The van der Waals surface area contributed by atoms with Crippen LogP contribution >= 0.6 is 11.6 Å². The van der Waals surface area contributed by atoms with E-state index in [9.17, 15) is 27.2 Å². The Bertz CT molecular complexity index is 2040. The second kappa shape index (κ2) is 13.8. The lowest BCUT2D eigenvalue weighted by molar-refractivity contribution is -0.141. The first-order valence-corrected chi connectivity index (χ1v) is 19.1. The van der Waals surface area contributed by atoms with Gasteiger partial charge in [-0.1, -0.05) is 50.6 Å². The summed E-state index contributed by atoms with van der Waals surface area (Å²) in [7, 11) is -2.53. The van der Waals surface area contributed by atoms with Crippen LogP contribution < -0.4 is 19.5 Å². The maximum atomic E-state index is 15.0. The molecule has 6 rings (SSSR count). The fraction of sp³-hybridized carbons (Fsp3) is 0.459. The molecule has 1 unspecified atom stereocenters. The monoisotopic (exact) mass is 755 g/mol. The van der Waals surface area contributed by atoms with Crippen LogP contribution in [0.4, 0.5) is 14.9 Å². The smallest absolute Gasteiger partial charge is 0.328 e. The van der Waals surface area contributed by atoms with Gasteiger partial charge in [0, 0.05) is 34.2 Å². The molecule has 0 bridgehead atoms. The molecule has 2 aliphatic carbocycles. The molecule has 0 radical (unpaired) electrons. The van der Waals surface area contributed by atoms with Gasteiger partial charge < -0.3 is 19.7 Å². The largest absolute Gasteiger partial charge is 0.494 e. The fourth-order valence-corrected chi connectivity index (χ4v) is 8.40. The van der Waals surface area contributed by atoms with Crippen molar-refractivity contribution in [1.82, 2.24) is 19.5 Å². The van der Waals surface area contributed by atoms with Gasteiger partial charge in [0.15, 0.2) is 0 Å². The molecule has 1 aromatic heterocycles. The Morgan fingerprint density at radius 1 is 1.17 bits per heavy atom. The van der Waals surface area contributed by atoms with E-state index in [1.807, 2.05) is 0 Å². The highest BCUT2D eigenvalue weighted by Crippen LogP contribution is 2.52. The first-order valence-electron chi connectivity index (χ1n) is 17.1. The Kier molecular flexibility index (Phi) is 9.94. The van der Waals surface area contributed by atoms with Gasteiger partial charge >= 0.3 is 6.03 Å². The summed E-state index contributed by atoms with van der Waals surface area (Å²) in [5.41, 5.74) is -2.79. The minimum Gasteiger partial charge on any atom is -0.494 e. The normalized spacial score (nSPS) is 23.4. The van der Waals surface area contributed by atoms with Crippen molar-refractivity contribution in [2.45, 2.75) is 82.4 Å². The highest BCUT2D eigenvalue weighted by Gasteiger charge is 2.68. The highest BCUT2D eigenvalue weighted by molar-refractivity contribution is 7.91. The van der Waals surface area contributed by atoms with E-state index in [1.54, 1.807) is 52.0 Å². The van der Waals surface area contributed by atoms with Crippen LogP contribution in [0.1, 0.15) is 53.4 Å². The summed E-state index contributed by atoms with van der Waals surface area (Å²) in [5, 5.41) is 4.04. The third kappa shape index (κ3) is 7.02. The number of ether oxygens (including phenoxy) is 2. The van der Waals surface area contributed by atoms with Gasteiger partial charge in [-0.2, -0.15) is 0 Å². The van der Waals surface area contributed by atoms with E-state index < -0.39 is 74.0 Å². The number of aromatic nitrogens is 1. The zero-order valence-electron chi connectivity index (χ0n) is 29.7. The van der Waals surface area contributed by atoms with Gasteiger partial charge in [0.2, 0.25) is 15.9 Å². The molecule has 3 fully saturated rings. The number of hydrogen-bond acceptors (Lipinski definition) is 9. The first-order chi connectivity index (χ1) is 24.5. The van der Waals surface area contributed by atoms with Crippen LogP contribution in [0.3, 0.4) is 0 Å². The molecule has 2 saturated carbocycles. The molecular weight excluding hydrogens is 713 g/mol. The maximum Gasteiger partial charge on any atom is 0.328 e. The predicted octanol–water partition coefficient (Wildman–Crippen LogP) is 5.91. The number of amides is 4. The molecule has 2 aromatic carbocycles. The number of hydrogen-bond donors (Lipinski definition) is 2. The second-order valence-corrected chi connectivity index (χ2v) is 17.2. The minimum atomic E-state index is -4.06. The molecule has 4 amide bonds. The first kappa shape index (κ1) is 37.3. The van der Waals surface area contributed by atoms with Gasteiger partial charge in [-0.3, -0.25) is 14.3 Å². The van der Waals surface area contributed by atoms with Crippen molar-refractivity contribution in [2.75, 3.05) is 19.0 Å². The third-order valence-corrected chi connectivity index (χ3v) is 12.1. The molecule has 1 aliphatic heterocycles. The summed E-state index contributed by atoms with van der Waals surface area (Å²) in [5.74, 6) is -2.37. The predicted molar refractivity (Wildman–Crippen MR) is 195 cm³/mol. The second-order valence-electron chi connectivity index (χ2n) is 14.8. The lowest BCUT2D eigenvalue weighted by atomic mass is 9.85. The molecule has 3 aliphatic rings. The van der Waals surface area contributed by atoms with Gasteiger partial charge in [0.05, 0.1) is 30.8 Å². The average Bonchev–Trinajstić information content (AvgIpc) is 4.01. The lowest BCUT2D eigenvalue weighted by Gasteiger charge is -2.40. The summed E-state index contributed by atoms with van der Waals surface area (Å²) in [4.78, 5) is 50.8. The number of nitrogens with zero attached hydrogens (tertiary/aromatic N) is 3. The zero-order valence-corrected chi connectivity index (χ0v) is 31.3. The molecule has 0 spiro atoms.